The zero-order valence-electron chi connectivity index (χ0n) is 20.6. The number of nitrogens with zero attached hydrogens (tertiary/aromatic N) is 5. The van der Waals surface area contributed by atoms with E-state index in [2.05, 4.69) is 76.8 Å². The molecule has 1 aliphatic heterocycles. The van der Waals surface area contributed by atoms with Crippen molar-refractivity contribution in [3.05, 3.63) is 65.7 Å². The molecule has 0 N–H and O–H groups in total. The smallest absolute Gasteiger partial charge is 0.181 e. The number of pyridine rings is 1. The first-order valence-electron chi connectivity index (χ1n) is 12.8. The van der Waals surface area contributed by atoms with Crippen LogP contribution in [0.3, 0.4) is 0 Å². The van der Waals surface area contributed by atoms with E-state index in [9.17, 15) is 0 Å². The molecule has 0 spiro atoms. The number of aromatic nitrogens is 4. The molecule has 2 atom stereocenters. The topological polar surface area (TPSA) is 46.8 Å². The summed E-state index contributed by atoms with van der Waals surface area (Å²) in [6, 6.07) is 13.6. The third-order valence-corrected chi connectivity index (χ3v) is 8.53. The first-order chi connectivity index (χ1) is 16.7. The van der Waals surface area contributed by atoms with Crippen LogP contribution < -0.4 is 0 Å². The van der Waals surface area contributed by atoms with Crippen molar-refractivity contribution in [2.45, 2.75) is 63.5 Å². The monoisotopic (exact) mass is 475 g/mol. The molecule has 0 radical (unpaired) electrons. The van der Waals surface area contributed by atoms with Crippen molar-refractivity contribution in [3.8, 4) is 11.4 Å². The molecule has 34 heavy (non-hydrogen) atoms. The molecule has 180 valence electrons. The van der Waals surface area contributed by atoms with Crippen LogP contribution in [-0.2, 0) is 13.0 Å². The van der Waals surface area contributed by atoms with E-state index in [-0.39, 0.29) is 0 Å². The van der Waals surface area contributed by atoms with Crippen molar-refractivity contribution >= 4 is 11.8 Å². The molecule has 2 aromatic heterocycles. The number of thioether (sulfide) groups is 1. The van der Waals surface area contributed by atoms with Gasteiger partial charge in [-0.05, 0) is 75.1 Å². The second-order valence-electron chi connectivity index (χ2n) is 10.3. The molecule has 2 fully saturated rings. The summed E-state index contributed by atoms with van der Waals surface area (Å²) in [6.45, 7) is 0.946. The molecule has 1 aromatic carbocycles. The summed E-state index contributed by atoms with van der Waals surface area (Å²) >= 11 is 2.06. The van der Waals surface area contributed by atoms with E-state index in [0.29, 0.717) is 17.9 Å². The van der Waals surface area contributed by atoms with E-state index in [0.717, 1.165) is 30.1 Å². The van der Waals surface area contributed by atoms with Crippen molar-refractivity contribution in [3.63, 3.8) is 0 Å². The first-order valence-corrected chi connectivity index (χ1v) is 14.0. The minimum atomic E-state index is 0.396. The van der Waals surface area contributed by atoms with E-state index in [1.54, 1.807) is 0 Å². The highest BCUT2D eigenvalue weighted by Crippen LogP contribution is 2.41. The molecular formula is C28H37N5S. The second kappa shape index (κ2) is 11.0. The Morgan fingerprint density at radius 2 is 1.85 bits per heavy atom. The Hall–Kier alpha value is -2.18. The molecule has 2 unspecified atom stereocenters. The van der Waals surface area contributed by atoms with Crippen LogP contribution in [0.15, 0.2) is 48.8 Å². The predicted molar refractivity (Wildman–Crippen MR) is 141 cm³/mol. The van der Waals surface area contributed by atoms with Gasteiger partial charge in [-0.25, -0.2) is 9.67 Å². The van der Waals surface area contributed by atoms with Crippen LogP contribution in [0.4, 0.5) is 0 Å². The minimum absolute atomic E-state index is 0.396. The number of benzene rings is 1. The van der Waals surface area contributed by atoms with Gasteiger partial charge in [0.25, 0.3) is 0 Å². The van der Waals surface area contributed by atoms with Gasteiger partial charge in [-0.3, -0.25) is 4.98 Å². The van der Waals surface area contributed by atoms with Crippen LogP contribution in [0.2, 0.25) is 0 Å². The SMILES string of the molecule is CN(C)Cc1ccc(-c2nc(C(Cc3cccnc3)C3CCCC3)n(C3CCCSC3)n2)cc1. The maximum absolute atomic E-state index is 5.30. The van der Waals surface area contributed by atoms with Gasteiger partial charge in [-0.2, -0.15) is 16.9 Å². The zero-order valence-corrected chi connectivity index (χ0v) is 21.4. The summed E-state index contributed by atoms with van der Waals surface area (Å²) in [5.41, 5.74) is 3.75. The molecule has 3 heterocycles. The molecule has 2 aliphatic rings. The lowest BCUT2D eigenvalue weighted by atomic mass is 9.85. The molecule has 1 saturated heterocycles. The molecule has 0 bridgehead atoms. The first kappa shape index (κ1) is 23.6. The Kier molecular flexibility index (Phi) is 7.65. The predicted octanol–water partition coefficient (Wildman–Crippen LogP) is 5.99. The highest BCUT2D eigenvalue weighted by molar-refractivity contribution is 7.99. The van der Waals surface area contributed by atoms with Crippen LogP contribution in [0.1, 0.15) is 67.4 Å². The summed E-state index contributed by atoms with van der Waals surface area (Å²) in [5, 5.41) is 5.19. The number of rotatable bonds is 8. The highest BCUT2D eigenvalue weighted by Gasteiger charge is 2.33. The third-order valence-electron chi connectivity index (χ3n) is 7.33. The summed E-state index contributed by atoms with van der Waals surface area (Å²) in [7, 11) is 4.22. The fourth-order valence-electron chi connectivity index (χ4n) is 5.62. The van der Waals surface area contributed by atoms with Crippen LogP contribution in [0.25, 0.3) is 11.4 Å². The average Bonchev–Trinajstić information content (AvgIpc) is 3.55. The standard InChI is InChI=1S/C28H37N5S/c1-32(2)19-21-11-13-24(14-12-21)27-30-28(33(31-27)25-10-6-16-34-20-25)26(23-8-3-4-9-23)17-22-7-5-15-29-18-22/h5,7,11-15,18,23,25-26H,3-4,6,8-10,16-17,19-20H2,1-2H3. The maximum Gasteiger partial charge on any atom is 0.181 e. The van der Waals surface area contributed by atoms with Gasteiger partial charge in [0, 0.05) is 36.2 Å². The van der Waals surface area contributed by atoms with Crippen molar-refractivity contribution in [1.29, 1.82) is 0 Å². The highest BCUT2D eigenvalue weighted by atomic mass is 32.2. The third kappa shape index (κ3) is 5.55. The van der Waals surface area contributed by atoms with Crippen LogP contribution in [0, 0.1) is 5.92 Å². The molecule has 5 nitrogen and oxygen atoms in total. The van der Waals surface area contributed by atoms with Crippen molar-refractivity contribution < 1.29 is 0 Å². The van der Waals surface area contributed by atoms with E-state index >= 15 is 0 Å². The molecular weight excluding hydrogens is 438 g/mol. The van der Waals surface area contributed by atoms with Gasteiger partial charge in [0.15, 0.2) is 5.82 Å². The lowest BCUT2D eigenvalue weighted by molar-refractivity contribution is 0.364. The van der Waals surface area contributed by atoms with Crippen LogP contribution >= 0.6 is 11.8 Å². The van der Waals surface area contributed by atoms with E-state index in [1.165, 1.54) is 61.2 Å². The van der Waals surface area contributed by atoms with E-state index in [4.69, 9.17) is 10.1 Å². The maximum atomic E-state index is 5.30. The fraction of sp³-hybridized carbons (Fsp3) is 0.536. The number of hydrogen-bond donors (Lipinski definition) is 0. The summed E-state index contributed by atoms with van der Waals surface area (Å²) in [6.07, 6.45) is 12.6. The van der Waals surface area contributed by atoms with E-state index in [1.807, 2.05) is 12.4 Å². The Morgan fingerprint density at radius 3 is 2.53 bits per heavy atom. The molecule has 5 rings (SSSR count). The summed E-state index contributed by atoms with van der Waals surface area (Å²) in [4.78, 5) is 11.9. The molecule has 1 saturated carbocycles. The molecule has 0 amide bonds. The van der Waals surface area contributed by atoms with Gasteiger partial charge in [0.2, 0.25) is 0 Å². The quantitative estimate of drug-likeness (QED) is 0.401. The van der Waals surface area contributed by atoms with Crippen LogP contribution in [-0.4, -0.2) is 50.2 Å². The Balaban J connectivity index is 1.52. The Labute approximate surface area is 208 Å². The Morgan fingerprint density at radius 1 is 1.03 bits per heavy atom. The Bertz CT molecular complexity index is 1030. The summed E-state index contributed by atoms with van der Waals surface area (Å²) in [5.74, 6) is 5.57. The average molecular weight is 476 g/mol. The van der Waals surface area contributed by atoms with Crippen LogP contribution in [0.5, 0.6) is 0 Å². The normalized spacial score (nSPS) is 20.1. The van der Waals surface area contributed by atoms with Gasteiger partial charge in [0.1, 0.15) is 5.82 Å². The lowest BCUT2D eigenvalue weighted by Gasteiger charge is -2.28. The molecule has 3 aromatic rings. The lowest BCUT2D eigenvalue weighted by Crippen LogP contribution is -2.24. The van der Waals surface area contributed by atoms with Gasteiger partial charge >= 0.3 is 0 Å². The molecule has 6 heteroatoms. The zero-order chi connectivity index (χ0) is 23.3. The minimum Gasteiger partial charge on any atom is -0.305 e. The van der Waals surface area contributed by atoms with Gasteiger partial charge in [-0.15, -0.1) is 0 Å². The largest absolute Gasteiger partial charge is 0.305 e. The summed E-state index contributed by atoms with van der Waals surface area (Å²) < 4.78 is 2.34. The van der Waals surface area contributed by atoms with Gasteiger partial charge in [-0.1, -0.05) is 43.2 Å². The van der Waals surface area contributed by atoms with Crippen molar-refractivity contribution in [2.75, 3.05) is 25.6 Å². The van der Waals surface area contributed by atoms with Gasteiger partial charge in [0.05, 0.1) is 6.04 Å². The van der Waals surface area contributed by atoms with Crippen molar-refractivity contribution in [2.24, 2.45) is 5.92 Å². The van der Waals surface area contributed by atoms with Crippen molar-refractivity contribution in [1.82, 2.24) is 24.6 Å². The number of hydrogen-bond acceptors (Lipinski definition) is 5. The fourth-order valence-corrected chi connectivity index (χ4v) is 6.74. The molecule has 1 aliphatic carbocycles. The van der Waals surface area contributed by atoms with E-state index < -0.39 is 0 Å². The second-order valence-corrected chi connectivity index (χ2v) is 11.4. The van der Waals surface area contributed by atoms with Gasteiger partial charge < -0.3 is 4.90 Å².